The standard InChI is InChI=1S/C13H15ClN4O3S2/c1-3-15-11(19)7-12-16-17-13(22-12)18-23(20,21)10-6-4-5-9(14)8(10)2/h4-6H,3,7H2,1-2H3,(H,15,19)(H,17,18). The first kappa shape index (κ1) is 17.6. The molecule has 0 bridgehead atoms. The number of likely N-dealkylation sites (N-methyl/N-ethyl adjacent to an activating group) is 1. The van der Waals surface area contributed by atoms with Crippen molar-refractivity contribution in [1.82, 2.24) is 15.5 Å². The van der Waals surface area contributed by atoms with Gasteiger partial charge in [-0.25, -0.2) is 8.42 Å². The zero-order valence-electron chi connectivity index (χ0n) is 12.5. The molecule has 124 valence electrons. The molecule has 0 aliphatic rings. The maximum absolute atomic E-state index is 12.4. The van der Waals surface area contributed by atoms with Gasteiger partial charge in [0.15, 0.2) is 0 Å². The third-order valence-corrected chi connectivity index (χ3v) is 5.74. The highest BCUT2D eigenvalue weighted by molar-refractivity contribution is 7.93. The average Bonchev–Trinajstić information content (AvgIpc) is 2.88. The fourth-order valence-corrected chi connectivity index (χ4v) is 4.28. The zero-order valence-corrected chi connectivity index (χ0v) is 14.8. The van der Waals surface area contributed by atoms with E-state index in [0.29, 0.717) is 22.1 Å². The second-order valence-electron chi connectivity index (χ2n) is 4.60. The van der Waals surface area contributed by atoms with Crippen LogP contribution >= 0.6 is 22.9 Å². The second kappa shape index (κ2) is 7.24. The van der Waals surface area contributed by atoms with Crippen molar-refractivity contribution in [3.05, 3.63) is 33.8 Å². The van der Waals surface area contributed by atoms with Crippen LogP contribution in [0.4, 0.5) is 5.13 Å². The van der Waals surface area contributed by atoms with Crippen molar-refractivity contribution >= 4 is 44.0 Å². The van der Waals surface area contributed by atoms with Crippen LogP contribution in [0.2, 0.25) is 5.02 Å². The summed E-state index contributed by atoms with van der Waals surface area (Å²) in [6.07, 6.45) is 0.0590. The fourth-order valence-electron chi connectivity index (χ4n) is 1.81. The summed E-state index contributed by atoms with van der Waals surface area (Å²) in [6.45, 7) is 3.95. The Morgan fingerprint density at radius 2 is 2.09 bits per heavy atom. The van der Waals surface area contributed by atoms with Gasteiger partial charge in [-0.2, -0.15) is 0 Å². The summed E-state index contributed by atoms with van der Waals surface area (Å²) < 4.78 is 27.2. The summed E-state index contributed by atoms with van der Waals surface area (Å²) in [5.41, 5.74) is 0.453. The molecular weight excluding hydrogens is 360 g/mol. The molecular formula is C13H15ClN4O3S2. The Hall–Kier alpha value is -1.71. The van der Waals surface area contributed by atoms with Crippen LogP contribution in [0, 0.1) is 6.92 Å². The molecule has 2 aromatic rings. The molecule has 0 spiro atoms. The van der Waals surface area contributed by atoms with Crippen molar-refractivity contribution in [2.45, 2.75) is 25.2 Å². The van der Waals surface area contributed by atoms with Gasteiger partial charge in [0.1, 0.15) is 5.01 Å². The number of hydrogen-bond donors (Lipinski definition) is 2. The number of nitrogens with zero attached hydrogens (tertiary/aromatic N) is 2. The molecule has 1 aromatic carbocycles. The summed E-state index contributed by atoms with van der Waals surface area (Å²) in [6, 6.07) is 4.63. The van der Waals surface area contributed by atoms with Crippen LogP contribution in [0.25, 0.3) is 0 Å². The zero-order chi connectivity index (χ0) is 17.0. The van der Waals surface area contributed by atoms with Crippen LogP contribution in [0.5, 0.6) is 0 Å². The lowest BCUT2D eigenvalue weighted by atomic mass is 10.2. The van der Waals surface area contributed by atoms with Gasteiger partial charge in [0, 0.05) is 11.6 Å². The number of sulfonamides is 1. The molecule has 0 unspecified atom stereocenters. The highest BCUT2D eigenvalue weighted by Crippen LogP contribution is 2.25. The molecule has 0 radical (unpaired) electrons. The van der Waals surface area contributed by atoms with Crippen molar-refractivity contribution in [2.24, 2.45) is 0 Å². The number of rotatable bonds is 6. The van der Waals surface area contributed by atoms with Crippen molar-refractivity contribution in [1.29, 1.82) is 0 Å². The minimum Gasteiger partial charge on any atom is -0.356 e. The second-order valence-corrected chi connectivity index (χ2v) is 7.72. The Morgan fingerprint density at radius 3 is 2.78 bits per heavy atom. The van der Waals surface area contributed by atoms with E-state index in [1.807, 2.05) is 6.92 Å². The van der Waals surface area contributed by atoms with Gasteiger partial charge in [-0.05, 0) is 31.5 Å². The number of hydrogen-bond acceptors (Lipinski definition) is 6. The predicted octanol–water partition coefficient (Wildman–Crippen LogP) is 1.98. The molecule has 0 atom stereocenters. The largest absolute Gasteiger partial charge is 0.356 e. The van der Waals surface area contributed by atoms with Gasteiger partial charge < -0.3 is 5.32 Å². The van der Waals surface area contributed by atoms with Crippen molar-refractivity contribution in [3.8, 4) is 0 Å². The third-order valence-electron chi connectivity index (χ3n) is 2.88. The van der Waals surface area contributed by atoms with E-state index < -0.39 is 10.0 Å². The molecule has 23 heavy (non-hydrogen) atoms. The number of halogens is 1. The van der Waals surface area contributed by atoms with Crippen molar-refractivity contribution < 1.29 is 13.2 Å². The molecule has 0 saturated heterocycles. The molecule has 1 amide bonds. The molecule has 0 aliphatic carbocycles. The van der Waals surface area contributed by atoms with Crippen LogP contribution in [0.1, 0.15) is 17.5 Å². The Balaban J connectivity index is 2.17. The number of aromatic nitrogens is 2. The lowest BCUT2D eigenvalue weighted by Gasteiger charge is -2.08. The molecule has 0 saturated carbocycles. The van der Waals surface area contributed by atoms with E-state index in [1.54, 1.807) is 19.1 Å². The Kier molecular flexibility index (Phi) is 5.55. The maximum Gasteiger partial charge on any atom is 0.264 e. The molecule has 0 fully saturated rings. The topological polar surface area (TPSA) is 101 Å². The molecule has 1 heterocycles. The summed E-state index contributed by atoms with van der Waals surface area (Å²) in [5.74, 6) is -0.191. The summed E-state index contributed by atoms with van der Waals surface area (Å²) >= 11 is 6.96. The molecule has 2 rings (SSSR count). The lowest BCUT2D eigenvalue weighted by Crippen LogP contribution is -2.24. The minimum absolute atomic E-state index is 0.0590. The minimum atomic E-state index is -3.82. The molecule has 7 nitrogen and oxygen atoms in total. The third kappa shape index (κ3) is 4.40. The van der Waals surface area contributed by atoms with Crippen LogP contribution < -0.4 is 10.0 Å². The van der Waals surface area contributed by atoms with Crippen molar-refractivity contribution in [2.75, 3.05) is 11.3 Å². The van der Waals surface area contributed by atoms with E-state index in [4.69, 9.17) is 11.6 Å². The summed E-state index contributed by atoms with van der Waals surface area (Å²) in [4.78, 5) is 11.6. The van der Waals surface area contributed by atoms with E-state index >= 15 is 0 Å². The molecule has 10 heteroatoms. The van der Waals surface area contributed by atoms with Gasteiger partial charge in [0.25, 0.3) is 10.0 Å². The summed E-state index contributed by atoms with van der Waals surface area (Å²) in [5, 5.41) is 11.1. The normalized spacial score (nSPS) is 11.3. The van der Waals surface area contributed by atoms with Gasteiger partial charge in [-0.1, -0.05) is 29.0 Å². The molecule has 2 N–H and O–H groups in total. The van der Waals surface area contributed by atoms with E-state index in [1.165, 1.54) is 6.07 Å². The lowest BCUT2D eigenvalue weighted by molar-refractivity contribution is -0.120. The first-order chi connectivity index (χ1) is 10.8. The quantitative estimate of drug-likeness (QED) is 0.805. The van der Waals surface area contributed by atoms with Gasteiger partial charge in [-0.15, -0.1) is 10.2 Å². The average molecular weight is 375 g/mol. The Labute approximate surface area is 143 Å². The highest BCUT2D eigenvalue weighted by atomic mass is 35.5. The molecule has 0 aliphatic heterocycles. The highest BCUT2D eigenvalue weighted by Gasteiger charge is 2.20. The van der Waals surface area contributed by atoms with Crippen LogP contribution in [0.3, 0.4) is 0 Å². The first-order valence-corrected chi connectivity index (χ1v) is 9.38. The van der Waals surface area contributed by atoms with Gasteiger partial charge in [-0.3, -0.25) is 9.52 Å². The number of anilines is 1. The van der Waals surface area contributed by atoms with E-state index in [-0.39, 0.29) is 22.4 Å². The first-order valence-electron chi connectivity index (χ1n) is 6.70. The van der Waals surface area contributed by atoms with Gasteiger partial charge in [0.05, 0.1) is 11.3 Å². The number of nitrogens with one attached hydrogen (secondary N) is 2. The fraction of sp³-hybridized carbons (Fsp3) is 0.308. The summed E-state index contributed by atoms with van der Waals surface area (Å²) in [7, 11) is -3.82. The van der Waals surface area contributed by atoms with Crippen molar-refractivity contribution in [3.63, 3.8) is 0 Å². The predicted molar refractivity (Wildman–Crippen MR) is 89.3 cm³/mol. The maximum atomic E-state index is 12.4. The van der Waals surface area contributed by atoms with Crippen LogP contribution in [-0.2, 0) is 21.2 Å². The Morgan fingerprint density at radius 1 is 1.35 bits per heavy atom. The smallest absolute Gasteiger partial charge is 0.264 e. The van der Waals surface area contributed by atoms with Gasteiger partial charge in [0.2, 0.25) is 11.0 Å². The monoisotopic (exact) mass is 374 g/mol. The number of carbonyl (C=O) groups is 1. The SMILES string of the molecule is CCNC(=O)Cc1nnc(NS(=O)(=O)c2cccc(Cl)c2C)s1. The van der Waals surface area contributed by atoms with Gasteiger partial charge >= 0.3 is 0 Å². The molecule has 1 aromatic heterocycles. The van der Waals surface area contributed by atoms with E-state index in [9.17, 15) is 13.2 Å². The number of benzene rings is 1. The van der Waals surface area contributed by atoms with E-state index in [0.717, 1.165) is 11.3 Å². The number of amides is 1. The van der Waals surface area contributed by atoms with E-state index in [2.05, 4.69) is 20.2 Å². The Bertz CT molecular complexity index is 820. The van der Waals surface area contributed by atoms with Crippen LogP contribution in [0.15, 0.2) is 23.1 Å². The number of carbonyl (C=O) groups excluding carboxylic acids is 1. The van der Waals surface area contributed by atoms with Crippen LogP contribution in [-0.4, -0.2) is 31.1 Å².